The van der Waals surface area contributed by atoms with Crippen LogP contribution in [0, 0.1) is 6.92 Å². The molecule has 5 aromatic rings. The van der Waals surface area contributed by atoms with Crippen molar-refractivity contribution < 1.29 is 8.83 Å². The molecule has 1 unspecified atom stereocenters. The van der Waals surface area contributed by atoms with Crippen LogP contribution in [0.3, 0.4) is 0 Å². The molecule has 0 fully saturated rings. The third-order valence-electron chi connectivity index (χ3n) is 5.96. The number of benzene rings is 1. The van der Waals surface area contributed by atoms with Crippen molar-refractivity contribution >= 4 is 10.9 Å². The van der Waals surface area contributed by atoms with E-state index in [0.717, 1.165) is 34.4 Å². The van der Waals surface area contributed by atoms with Gasteiger partial charge >= 0.3 is 0 Å². The summed E-state index contributed by atoms with van der Waals surface area (Å²) in [6.07, 6.45) is 4.03. The molecule has 9 heteroatoms. The molecule has 0 aliphatic rings. The molecule has 1 aromatic carbocycles. The maximum Gasteiger partial charge on any atom is 0.252 e. The highest BCUT2D eigenvalue weighted by Crippen LogP contribution is 2.27. The SMILES string of the molecule is CCC(c1nnnn1Cc1ccco1)N(Cc1ccco1)Cc1cc2cc(C)ccc2[nH]c1=O. The zero-order valence-corrected chi connectivity index (χ0v) is 19.1. The van der Waals surface area contributed by atoms with Gasteiger partial charge in [-0.1, -0.05) is 18.6 Å². The predicted molar refractivity (Wildman–Crippen MR) is 126 cm³/mol. The summed E-state index contributed by atoms with van der Waals surface area (Å²) in [6.45, 7) is 5.46. The van der Waals surface area contributed by atoms with Crippen LogP contribution in [0.4, 0.5) is 0 Å². The van der Waals surface area contributed by atoms with Gasteiger partial charge in [0.1, 0.15) is 18.1 Å². The van der Waals surface area contributed by atoms with E-state index in [1.807, 2.05) is 49.4 Å². The van der Waals surface area contributed by atoms with Crippen molar-refractivity contribution in [2.24, 2.45) is 0 Å². The van der Waals surface area contributed by atoms with Crippen molar-refractivity contribution in [3.63, 3.8) is 0 Å². The lowest BCUT2D eigenvalue weighted by Gasteiger charge is -2.29. The summed E-state index contributed by atoms with van der Waals surface area (Å²) in [5, 5.41) is 13.5. The molecular formula is C25H26N6O3. The Labute approximate surface area is 196 Å². The van der Waals surface area contributed by atoms with Gasteiger partial charge in [0.05, 0.1) is 25.1 Å². The molecule has 0 bridgehead atoms. The van der Waals surface area contributed by atoms with E-state index in [1.54, 1.807) is 17.2 Å². The first kappa shape index (κ1) is 21.8. The van der Waals surface area contributed by atoms with Gasteiger partial charge in [-0.15, -0.1) is 5.10 Å². The van der Waals surface area contributed by atoms with Crippen molar-refractivity contribution in [1.82, 2.24) is 30.1 Å². The zero-order chi connectivity index (χ0) is 23.5. The third kappa shape index (κ3) is 4.55. The predicted octanol–water partition coefficient (Wildman–Crippen LogP) is 4.21. The van der Waals surface area contributed by atoms with E-state index >= 15 is 0 Å². The zero-order valence-electron chi connectivity index (χ0n) is 19.1. The number of furan rings is 2. The molecule has 9 nitrogen and oxygen atoms in total. The first-order valence-corrected chi connectivity index (χ1v) is 11.3. The van der Waals surface area contributed by atoms with Crippen LogP contribution in [0.25, 0.3) is 10.9 Å². The van der Waals surface area contributed by atoms with Crippen molar-refractivity contribution in [1.29, 1.82) is 0 Å². The Bertz CT molecular complexity index is 1420. The van der Waals surface area contributed by atoms with Gasteiger partial charge in [0.15, 0.2) is 5.82 Å². The van der Waals surface area contributed by atoms with Gasteiger partial charge in [0.25, 0.3) is 5.56 Å². The minimum Gasteiger partial charge on any atom is -0.468 e. The number of H-pyrrole nitrogens is 1. The molecule has 0 saturated carbocycles. The number of aromatic amines is 1. The molecule has 1 N–H and O–H groups in total. The van der Waals surface area contributed by atoms with Gasteiger partial charge in [-0.05, 0) is 71.6 Å². The summed E-state index contributed by atoms with van der Waals surface area (Å²) in [5.41, 5.74) is 2.53. The van der Waals surface area contributed by atoms with Crippen LogP contribution in [0.1, 0.15) is 47.9 Å². The minimum absolute atomic E-state index is 0.106. The lowest BCUT2D eigenvalue weighted by Crippen LogP contribution is -2.32. The molecule has 174 valence electrons. The Balaban J connectivity index is 1.51. The highest BCUT2D eigenvalue weighted by atomic mass is 16.3. The summed E-state index contributed by atoms with van der Waals surface area (Å²) in [7, 11) is 0. The lowest BCUT2D eigenvalue weighted by molar-refractivity contribution is 0.149. The molecule has 0 radical (unpaired) electrons. The number of pyridine rings is 1. The quantitative estimate of drug-likeness (QED) is 0.353. The highest BCUT2D eigenvalue weighted by molar-refractivity contribution is 5.79. The van der Waals surface area contributed by atoms with Gasteiger partial charge in [-0.2, -0.15) is 0 Å². The van der Waals surface area contributed by atoms with Crippen LogP contribution in [-0.4, -0.2) is 30.1 Å². The number of aryl methyl sites for hydroxylation is 1. The van der Waals surface area contributed by atoms with Crippen LogP contribution in [0.2, 0.25) is 0 Å². The minimum atomic E-state index is -0.150. The molecule has 0 amide bonds. The molecule has 0 aliphatic carbocycles. The number of aromatic nitrogens is 5. The number of nitrogens with zero attached hydrogens (tertiary/aromatic N) is 5. The number of nitrogens with one attached hydrogen (secondary N) is 1. The van der Waals surface area contributed by atoms with E-state index < -0.39 is 0 Å². The summed E-state index contributed by atoms with van der Waals surface area (Å²) in [4.78, 5) is 18.2. The number of hydrogen-bond donors (Lipinski definition) is 1. The monoisotopic (exact) mass is 458 g/mol. The maximum absolute atomic E-state index is 13.0. The average molecular weight is 459 g/mol. The first-order chi connectivity index (χ1) is 16.6. The summed E-state index contributed by atoms with van der Waals surface area (Å²) in [6, 6.07) is 15.4. The van der Waals surface area contributed by atoms with Crippen LogP contribution in [-0.2, 0) is 19.6 Å². The Morgan fingerprint density at radius 2 is 1.85 bits per heavy atom. The second-order valence-corrected chi connectivity index (χ2v) is 8.40. The number of fused-ring (bicyclic) bond motifs is 1. The largest absolute Gasteiger partial charge is 0.468 e. The van der Waals surface area contributed by atoms with E-state index in [1.165, 1.54) is 0 Å². The molecule has 4 aromatic heterocycles. The average Bonchev–Trinajstić information content (AvgIpc) is 3.60. The summed E-state index contributed by atoms with van der Waals surface area (Å²) >= 11 is 0. The summed E-state index contributed by atoms with van der Waals surface area (Å²) in [5.74, 6) is 2.28. The maximum atomic E-state index is 13.0. The highest BCUT2D eigenvalue weighted by Gasteiger charge is 2.27. The Hall–Kier alpha value is -3.98. The molecular weight excluding hydrogens is 432 g/mol. The fraction of sp³-hybridized carbons (Fsp3) is 0.280. The van der Waals surface area contributed by atoms with Crippen LogP contribution >= 0.6 is 0 Å². The number of rotatable bonds is 9. The van der Waals surface area contributed by atoms with E-state index in [4.69, 9.17) is 8.83 Å². The third-order valence-corrected chi connectivity index (χ3v) is 5.96. The van der Waals surface area contributed by atoms with Gasteiger partial charge in [-0.3, -0.25) is 9.69 Å². The van der Waals surface area contributed by atoms with E-state index in [0.29, 0.717) is 31.0 Å². The Morgan fingerprint density at radius 1 is 1.06 bits per heavy atom. The fourth-order valence-corrected chi connectivity index (χ4v) is 4.30. The molecule has 1 atom stereocenters. The second kappa shape index (κ2) is 9.48. The van der Waals surface area contributed by atoms with Crippen molar-refractivity contribution in [2.75, 3.05) is 0 Å². The Kier molecular flexibility index (Phi) is 6.09. The number of hydrogen-bond acceptors (Lipinski definition) is 7. The second-order valence-electron chi connectivity index (χ2n) is 8.40. The van der Waals surface area contributed by atoms with Gasteiger partial charge in [0, 0.05) is 17.6 Å². The van der Waals surface area contributed by atoms with E-state index in [-0.39, 0.29) is 11.6 Å². The molecule has 34 heavy (non-hydrogen) atoms. The molecule has 5 rings (SSSR count). The topological polar surface area (TPSA) is 106 Å². The van der Waals surface area contributed by atoms with Crippen molar-refractivity contribution in [2.45, 2.75) is 45.9 Å². The first-order valence-electron chi connectivity index (χ1n) is 11.3. The van der Waals surface area contributed by atoms with E-state index in [9.17, 15) is 4.79 Å². The summed E-state index contributed by atoms with van der Waals surface area (Å²) < 4.78 is 12.9. The Morgan fingerprint density at radius 3 is 2.59 bits per heavy atom. The molecule has 4 heterocycles. The smallest absolute Gasteiger partial charge is 0.252 e. The van der Waals surface area contributed by atoms with Crippen molar-refractivity contribution in [3.8, 4) is 0 Å². The molecule has 0 spiro atoms. The van der Waals surface area contributed by atoms with Gasteiger partial charge in [0.2, 0.25) is 0 Å². The normalized spacial score (nSPS) is 12.6. The molecule has 0 aliphatic heterocycles. The van der Waals surface area contributed by atoms with Crippen LogP contribution < -0.4 is 5.56 Å². The van der Waals surface area contributed by atoms with Crippen LogP contribution in [0.5, 0.6) is 0 Å². The van der Waals surface area contributed by atoms with Gasteiger partial charge < -0.3 is 13.8 Å². The van der Waals surface area contributed by atoms with Crippen LogP contribution in [0.15, 0.2) is 74.7 Å². The standard InChI is InChI=1S/C25H26N6O3/c1-3-23(24-27-28-29-31(24)16-21-7-5-11-34-21)30(15-20-6-4-10-33-20)14-19-13-18-12-17(2)8-9-22(18)26-25(19)32/h4-13,23H,3,14-16H2,1-2H3,(H,26,32). The van der Waals surface area contributed by atoms with Crippen molar-refractivity contribution in [3.05, 3.63) is 99.9 Å². The fourth-order valence-electron chi connectivity index (χ4n) is 4.30. The lowest BCUT2D eigenvalue weighted by atomic mass is 10.1. The number of tetrazole rings is 1. The van der Waals surface area contributed by atoms with Gasteiger partial charge in [-0.25, -0.2) is 4.68 Å². The molecule has 0 saturated heterocycles. The van der Waals surface area contributed by atoms with E-state index in [2.05, 4.69) is 38.4 Å².